The van der Waals surface area contributed by atoms with Crippen molar-refractivity contribution in [3.05, 3.63) is 52.0 Å². The van der Waals surface area contributed by atoms with Gasteiger partial charge in [-0.05, 0) is 48.0 Å². The molecule has 0 aliphatic carbocycles. The second kappa shape index (κ2) is 10.9. The molecular weight excluding hydrogens is 440 g/mol. The lowest BCUT2D eigenvalue weighted by molar-refractivity contribution is -0.129. The molecule has 0 aromatic heterocycles. The number of amides is 2. The zero-order chi connectivity index (χ0) is 21.2. The Morgan fingerprint density at radius 3 is 2.45 bits per heavy atom. The average molecular weight is 461 g/mol. The molecule has 2 aromatic rings. The first-order valence-electron chi connectivity index (χ1n) is 8.80. The van der Waals surface area contributed by atoms with Crippen LogP contribution in [-0.4, -0.2) is 31.6 Å². The van der Waals surface area contributed by atoms with Crippen LogP contribution in [0.2, 0.25) is 0 Å². The first-order valence-corrected chi connectivity index (χ1v) is 9.59. The van der Waals surface area contributed by atoms with Gasteiger partial charge in [0.1, 0.15) is 0 Å². The summed E-state index contributed by atoms with van der Waals surface area (Å²) in [6.45, 7) is 3.79. The molecule has 0 saturated heterocycles. The van der Waals surface area contributed by atoms with Crippen molar-refractivity contribution >= 4 is 33.4 Å². The lowest BCUT2D eigenvalue weighted by Crippen LogP contribution is -2.46. The molecule has 3 N–H and O–H groups in total. The van der Waals surface area contributed by atoms with Gasteiger partial charge in [0.2, 0.25) is 0 Å². The number of carbonyl (C=O) groups is 2. The Labute approximate surface area is 177 Å². The van der Waals surface area contributed by atoms with Crippen molar-refractivity contribution in [1.29, 1.82) is 5.26 Å². The predicted octanol–water partition coefficient (Wildman–Crippen LogP) is 2.67. The molecule has 2 amide bonds. The van der Waals surface area contributed by atoms with Crippen LogP contribution in [0.3, 0.4) is 0 Å². The largest absolute Gasteiger partial charge is 0.490 e. The maximum Gasteiger partial charge on any atom is 0.276 e. The number of nitrogens with one attached hydrogen (secondary N) is 3. The van der Waals surface area contributed by atoms with Gasteiger partial charge in [-0.1, -0.05) is 17.7 Å². The van der Waals surface area contributed by atoms with Crippen LogP contribution in [0, 0.1) is 18.3 Å². The van der Waals surface area contributed by atoms with Crippen LogP contribution >= 0.6 is 15.9 Å². The third-order valence-corrected chi connectivity index (χ3v) is 4.22. The smallest absolute Gasteiger partial charge is 0.276 e. The van der Waals surface area contributed by atoms with Crippen LogP contribution < -0.4 is 25.6 Å². The van der Waals surface area contributed by atoms with E-state index in [-0.39, 0.29) is 13.2 Å². The van der Waals surface area contributed by atoms with Crippen molar-refractivity contribution in [3.63, 3.8) is 0 Å². The number of benzene rings is 2. The Morgan fingerprint density at radius 2 is 1.79 bits per heavy atom. The maximum absolute atomic E-state index is 12.0. The number of ether oxygens (including phenoxy) is 2. The Hall–Kier alpha value is -3.25. The van der Waals surface area contributed by atoms with Crippen molar-refractivity contribution in [3.8, 4) is 17.6 Å². The van der Waals surface area contributed by atoms with Crippen LogP contribution in [-0.2, 0) is 9.59 Å². The van der Waals surface area contributed by atoms with Crippen molar-refractivity contribution in [1.82, 2.24) is 10.9 Å². The second-order valence-corrected chi connectivity index (χ2v) is 6.79. The van der Waals surface area contributed by atoms with Crippen LogP contribution in [0.15, 0.2) is 40.9 Å². The minimum Gasteiger partial charge on any atom is -0.490 e. The van der Waals surface area contributed by atoms with Crippen LogP contribution in [0.25, 0.3) is 0 Å². The van der Waals surface area contributed by atoms with E-state index < -0.39 is 11.8 Å². The van der Waals surface area contributed by atoms with Crippen molar-refractivity contribution in [2.45, 2.75) is 13.8 Å². The first kappa shape index (κ1) is 22.0. The second-order valence-electron chi connectivity index (χ2n) is 5.93. The number of hydrogen-bond acceptors (Lipinski definition) is 6. The Bertz CT molecular complexity index is 910. The van der Waals surface area contributed by atoms with E-state index in [4.69, 9.17) is 14.7 Å². The highest BCUT2D eigenvalue weighted by Crippen LogP contribution is 2.36. The molecule has 0 heterocycles. The molecule has 8 nitrogen and oxygen atoms in total. The first-order chi connectivity index (χ1) is 13.9. The third-order valence-electron chi connectivity index (χ3n) is 3.63. The highest BCUT2D eigenvalue weighted by atomic mass is 79.9. The van der Waals surface area contributed by atoms with Crippen molar-refractivity contribution in [2.24, 2.45) is 0 Å². The number of hydrogen-bond donors (Lipinski definition) is 3. The minimum absolute atomic E-state index is 0.000143. The van der Waals surface area contributed by atoms with Gasteiger partial charge in [-0.2, -0.15) is 5.26 Å². The van der Waals surface area contributed by atoms with Crippen molar-refractivity contribution in [2.75, 3.05) is 25.1 Å². The molecule has 0 bridgehead atoms. The van der Waals surface area contributed by atoms with E-state index in [1.54, 1.807) is 13.0 Å². The van der Waals surface area contributed by atoms with Crippen LogP contribution in [0.5, 0.6) is 11.5 Å². The average Bonchev–Trinajstić information content (AvgIpc) is 2.71. The molecule has 0 aliphatic heterocycles. The number of nitriles is 1. The summed E-state index contributed by atoms with van der Waals surface area (Å²) in [4.78, 5) is 23.8. The summed E-state index contributed by atoms with van der Waals surface area (Å²) in [5.41, 5.74) is 6.90. The van der Waals surface area contributed by atoms with Gasteiger partial charge in [0.05, 0.1) is 29.3 Å². The Balaban J connectivity index is 1.81. The van der Waals surface area contributed by atoms with E-state index in [1.165, 1.54) is 6.07 Å². The van der Waals surface area contributed by atoms with Crippen LogP contribution in [0.1, 0.15) is 18.1 Å². The number of halogens is 1. The molecule has 152 valence electrons. The van der Waals surface area contributed by atoms with E-state index in [0.717, 1.165) is 11.3 Å². The number of aryl methyl sites for hydroxylation is 1. The molecule has 0 unspecified atom stereocenters. The summed E-state index contributed by atoms with van der Waals surface area (Å²) >= 11 is 3.30. The number of carbonyl (C=O) groups excluding carboxylic acids is 2. The lowest BCUT2D eigenvalue weighted by Gasteiger charge is -2.14. The summed E-state index contributed by atoms with van der Waals surface area (Å²) in [5.74, 6) is -0.313. The summed E-state index contributed by atoms with van der Waals surface area (Å²) in [6, 6.07) is 12.7. The quantitative estimate of drug-likeness (QED) is 0.522. The number of anilines is 1. The van der Waals surface area contributed by atoms with Gasteiger partial charge in [-0.25, -0.2) is 0 Å². The Kier molecular flexibility index (Phi) is 8.30. The summed E-state index contributed by atoms with van der Waals surface area (Å²) in [7, 11) is 0. The SMILES string of the molecule is CCOc1cc(C#N)cc(Br)c1OCC(=O)NNC(=O)CNc1ccc(C)cc1. The number of hydrazine groups is 1. The van der Waals surface area contributed by atoms with E-state index in [0.29, 0.717) is 28.1 Å². The molecule has 2 rings (SSSR count). The molecule has 0 spiro atoms. The molecule has 9 heteroatoms. The monoisotopic (exact) mass is 460 g/mol. The molecule has 0 fully saturated rings. The standard InChI is InChI=1S/C20H21BrN4O4/c1-3-28-17-9-14(10-22)8-16(21)20(17)29-12-19(27)25-24-18(26)11-23-15-6-4-13(2)5-7-15/h4-9,23H,3,11-12H2,1-2H3,(H,24,26)(H,25,27). The maximum atomic E-state index is 12.0. The van der Waals surface area contributed by atoms with Gasteiger partial charge in [0.15, 0.2) is 18.1 Å². The minimum atomic E-state index is -0.549. The highest BCUT2D eigenvalue weighted by Gasteiger charge is 2.14. The van der Waals surface area contributed by atoms with E-state index in [2.05, 4.69) is 32.1 Å². The van der Waals surface area contributed by atoms with Gasteiger partial charge in [-0.15, -0.1) is 0 Å². The van der Waals surface area contributed by atoms with E-state index in [9.17, 15) is 9.59 Å². The van der Waals surface area contributed by atoms with Crippen molar-refractivity contribution < 1.29 is 19.1 Å². The summed E-state index contributed by atoms with van der Waals surface area (Å²) in [6.07, 6.45) is 0. The lowest BCUT2D eigenvalue weighted by atomic mass is 10.2. The zero-order valence-electron chi connectivity index (χ0n) is 16.0. The summed E-state index contributed by atoms with van der Waals surface area (Å²) < 4.78 is 11.4. The third kappa shape index (κ3) is 7.01. The molecule has 0 saturated carbocycles. The topological polar surface area (TPSA) is 112 Å². The van der Waals surface area contributed by atoms with Gasteiger partial charge in [-0.3, -0.25) is 20.4 Å². The van der Waals surface area contributed by atoms with Gasteiger partial charge in [0.25, 0.3) is 11.8 Å². The number of rotatable bonds is 8. The normalized spacial score (nSPS) is 9.86. The fraction of sp³-hybridized carbons (Fsp3) is 0.250. The Morgan fingerprint density at radius 1 is 1.10 bits per heavy atom. The molecule has 29 heavy (non-hydrogen) atoms. The van der Waals surface area contributed by atoms with Crippen LogP contribution in [0.4, 0.5) is 5.69 Å². The predicted molar refractivity (Wildman–Crippen MR) is 111 cm³/mol. The van der Waals surface area contributed by atoms with Gasteiger partial charge >= 0.3 is 0 Å². The molecular formula is C20H21BrN4O4. The zero-order valence-corrected chi connectivity index (χ0v) is 17.6. The highest BCUT2D eigenvalue weighted by molar-refractivity contribution is 9.10. The molecule has 0 atom stereocenters. The molecule has 0 aliphatic rings. The molecule has 2 aromatic carbocycles. The van der Waals surface area contributed by atoms with E-state index in [1.807, 2.05) is 37.3 Å². The van der Waals surface area contributed by atoms with Gasteiger partial charge in [0, 0.05) is 11.8 Å². The van der Waals surface area contributed by atoms with Gasteiger partial charge < -0.3 is 14.8 Å². The summed E-state index contributed by atoms with van der Waals surface area (Å²) in [5, 5.41) is 12.0. The fourth-order valence-corrected chi connectivity index (χ4v) is 2.80. The molecule has 0 radical (unpaired) electrons. The fourth-order valence-electron chi connectivity index (χ4n) is 2.25. The number of nitrogens with zero attached hydrogens (tertiary/aromatic N) is 1. The van der Waals surface area contributed by atoms with E-state index >= 15 is 0 Å².